The number of hydrogen-bond acceptors (Lipinski definition) is 3. The Morgan fingerprint density at radius 2 is 1.04 bits per heavy atom. The minimum atomic E-state index is -0.568. The first-order valence-electron chi connectivity index (χ1n) is 18.8. The van der Waals surface area contributed by atoms with Crippen molar-refractivity contribution in [3.63, 3.8) is 0 Å². The van der Waals surface area contributed by atoms with Gasteiger partial charge in [-0.15, -0.1) is 0 Å². The van der Waals surface area contributed by atoms with Gasteiger partial charge in [0.05, 0.1) is 33.2 Å². The van der Waals surface area contributed by atoms with Crippen molar-refractivity contribution in [2.75, 3.05) is 0 Å². The zero-order chi connectivity index (χ0) is 36.1. The van der Waals surface area contributed by atoms with Crippen LogP contribution in [0.5, 0.6) is 11.5 Å². The molecule has 2 aliphatic rings. The van der Waals surface area contributed by atoms with Crippen LogP contribution in [0.3, 0.4) is 0 Å². The fourth-order valence-electron chi connectivity index (χ4n) is 9.43. The Labute approximate surface area is 317 Å². The molecule has 10 aromatic rings. The maximum Gasteiger partial charge on any atom is 0.235 e. The number of para-hydroxylation sites is 1. The van der Waals surface area contributed by atoms with E-state index in [4.69, 9.17) is 14.7 Å². The number of ether oxygens (including phenoxy) is 1. The van der Waals surface area contributed by atoms with Gasteiger partial charge in [-0.2, -0.15) is 0 Å². The molecule has 0 radical (unpaired) electrons. The molecule has 1 aliphatic heterocycles. The lowest BCUT2D eigenvalue weighted by atomic mass is 9.66. The highest BCUT2D eigenvalue weighted by Gasteiger charge is 2.51. The molecule has 12 rings (SSSR count). The summed E-state index contributed by atoms with van der Waals surface area (Å²) < 4.78 is 9.47. The first kappa shape index (κ1) is 30.2. The van der Waals surface area contributed by atoms with Crippen LogP contribution < -0.4 is 4.74 Å². The van der Waals surface area contributed by atoms with Crippen molar-refractivity contribution in [2.24, 2.45) is 0 Å². The Morgan fingerprint density at radius 3 is 1.73 bits per heavy atom. The summed E-state index contributed by atoms with van der Waals surface area (Å²) in [5.41, 5.74) is 12.6. The molecule has 0 fully saturated rings. The molecule has 2 aromatic heterocycles. The van der Waals surface area contributed by atoms with Gasteiger partial charge in [-0.3, -0.25) is 4.57 Å². The van der Waals surface area contributed by atoms with Crippen LogP contribution in [0.1, 0.15) is 22.3 Å². The van der Waals surface area contributed by atoms with Gasteiger partial charge in [0.2, 0.25) is 5.95 Å². The topological polar surface area (TPSA) is 39.9 Å². The highest BCUT2D eigenvalue weighted by molar-refractivity contribution is 6.21. The molecule has 1 spiro atoms. The summed E-state index contributed by atoms with van der Waals surface area (Å²) in [7, 11) is 0. The second-order valence-electron chi connectivity index (χ2n) is 14.5. The van der Waals surface area contributed by atoms with Crippen molar-refractivity contribution in [3.05, 3.63) is 210 Å². The zero-order valence-electron chi connectivity index (χ0n) is 29.6. The summed E-state index contributed by atoms with van der Waals surface area (Å²) in [6, 6.07) is 66.8. The van der Waals surface area contributed by atoms with Gasteiger partial charge >= 0.3 is 0 Å². The van der Waals surface area contributed by atoms with E-state index in [0.29, 0.717) is 5.95 Å². The highest BCUT2D eigenvalue weighted by atomic mass is 16.5. The maximum atomic E-state index is 7.21. The molecule has 1 aliphatic carbocycles. The molecule has 0 atom stereocenters. The van der Waals surface area contributed by atoms with E-state index in [0.717, 1.165) is 77.7 Å². The molecular formula is C51H31N3O. The van der Waals surface area contributed by atoms with Crippen molar-refractivity contribution >= 4 is 32.6 Å². The van der Waals surface area contributed by atoms with Gasteiger partial charge in [-0.05, 0) is 45.8 Å². The summed E-state index contributed by atoms with van der Waals surface area (Å²) in [5.74, 6) is 2.34. The van der Waals surface area contributed by atoms with Crippen LogP contribution in [0.2, 0.25) is 0 Å². The number of nitrogens with zero attached hydrogens (tertiary/aromatic N) is 3. The predicted octanol–water partition coefficient (Wildman–Crippen LogP) is 12.5. The Balaban J connectivity index is 1.24. The first-order valence-corrected chi connectivity index (χ1v) is 18.8. The zero-order valence-corrected chi connectivity index (χ0v) is 29.6. The van der Waals surface area contributed by atoms with Crippen molar-refractivity contribution in [2.45, 2.75) is 5.41 Å². The van der Waals surface area contributed by atoms with Crippen LogP contribution in [0.25, 0.3) is 72.2 Å². The van der Waals surface area contributed by atoms with Gasteiger partial charge in [0.25, 0.3) is 0 Å². The number of fused-ring (bicyclic) bond motifs is 15. The van der Waals surface area contributed by atoms with E-state index in [2.05, 4.69) is 180 Å². The molecule has 3 heterocycles. The molecule has 0 N–H and O–H groups in total. The van der Waals surface area contributed by atoms with Crippen molar-refractivity contribution in [3.8, 4) is 51.1 Å². The summed E-state index contributed by atoms with van der Waals surface area (Å²) in [4.78, 5) is 10.7. The second-order valence-corrected chi connectivity index (χ2v) is 14.5. The third-order valence-electron chi connectivity index (χ3n) is 11.7. The SMILES string of the molecule is c1ccc(-c2cc(-c3ccccc3)nc(-n3c4ccc5c(c4c4ccc6ccccc6c43)Oc3ccccc3C53c4ccccc4-c4ccccc43)n2)cc1. The van der Waals surface area contributed by atoms with E-state index >= 15 is 0 Å². The number of benzene rings is 8. The normalized spacial score (nSPS) is 13.4. The second kappa shape index (κ2) is 11.3. The highest BCUT2D eigenvalue weighted by Crippen LogP contribution is 2.63. The number of rotatable bonds is 3. The standard InChI is InChI=1S/C51H31N3O/c1-3-16-33(17-4-1)43-31-44(34-18-5-2-6-19-34)53-50(52-43)54-45-30-29-42-49(47(45)38-28-27-32-15-7-8-20-35(32)48(38)54)55-46-26-14-13-25-41(46)51(42)39-23-11-9-21-36(39)37-22-10-12-24-40(37)51/h1-31H. The average Bonchev–Trinajstić information content (AvgIpc) is 3.76. The number of hydrogen-bond donors (Lipinski definition) is 0. The molecule has 8 aromatic carbocycles. The number of aromatic nitrogens is 3. The average molecular weight is 702 g/mol. The summed E-state index contributed by atoms with van der Waals surface area (Å²) in [5, 5.41) is 4.41. The van der Waals surface area contributed by atoms with Gasteiger partial charge in [0.15, 0.2) is 0 Å². The lowest BCUT2D eigenvalue weighted by Gasteiger charge is -2.39. The Bertz CT molecular complexity index is 3080. The molecule has 0 bridgehead atoms. The van der Waals surface area contributed by atoms with E-state index in [9.17, 15) is 0 Å². The minimum Gasteiger partial charge on any atom is -0.456 e. The van der Waals surface area contributed by atoms with Gasteiger partial charge < -0.3 is 4.74 Å². The van der Waals surface area contributed by atoms with Crippen molar-refractivity contribution < 1.29 is 4.74 Å². The lowest BCUT2D eigenvalue weighted by Crippen LogP contribution is -2.32. The third kappa shape index (κ3) is 4.11. The Hall–Kier alpha value is -7.30. The van der Waals surface area contributed by atoms with Gasteiger partial charge in [0, 0.05) is 33.0 Å². The van der Waals surface area contributed by atoms with Crippen LogP contribution in [0, 0.1) is 0 Å². The van der Waals surface area contributed by atoms with Crippen LogP contribution in [0.4, 0.5) is 0 Å². The van der Waals surface area contributed by atoms with Crippen LogP contribution >= 0.6 is 0 Å². The third-order valence-corrected chi connectivity index (χ3v) is 11.7. The first-order chi connectivity index (χ1) is 27.3. The largest absolute Gasteiger partial charge is 0.456 e. The summed E-state index contributed by atoms with van der Waals surface area (Å²) in [6.07, 6.45) is 0. The van der Waals surface area contributed by atoms with Crippen molar-refractivity contribution in [1.82, 2.24) is 14.5 Å². The lowest BCUT2D eigenvalue weighted by molar-refractivity contribution is 0.442. The van der Waals surface area contributed by atoms with Crippen LogP contribution in [-0.2, 0) is 5.41 Å². The fraction of sp³-hybridized carbons (Fsp3) is 0.0196. The molecule has 4 heteroatoms. The molecule has 0 amide bonds. The molecule has 55 heavy (non-hydrogen) atoms. The Kier molecular flexibility index (Phi) is 6.23. The summed E-state index contributed by atoms with van der Waals surface area (Å²) in [6.45, 7) is 0. The molecular weight excluding hydrogens is 671 g/mol. The monoisotopic (exact) mass is 701 g/mol. The quantitative estimate of drug-likeness (QED) is 0.184. The van der Waals surface area contributed by atoms with Gasteiger partial charge in [-0.25, -0.2) is 9.97 Å². The minimum absolute atomic E-state index is 0.568. The molecule has 0 saturated carbocycles. The van der Waals surface area contributed by atoms with E-state index in [-0.39, 0.29) is 0 Å². The predicted molar refractivity (Wildman–Crippen MR) is 222 cm³/mol. The van der Waals surface area contributed by atoms with Gasteiger partial charge in [0.1, 0.15) is 11.5 Å². The van der Waals surface area contributed by atoms with Crippen LogP contribution in [-0.4, -0.2) is 14.5 Å². The Morgan fingerprint density at radius 1 is 0.455 bits per heavy atom. The van der Waals surface area contributed by atoms with Crippen molar-refractivity contribution in [1.29, 1.82) is 0 Å². The molecule has 0 saturated heterocycles. The molecule has 4 nitrogen and oxygen atoms in total. The fourth-order valence-corrected chi connectivity index (χ4v) is 9.43. The molecule has 256 valence electrons. The van der Waals surface area contributed by atoms with E-state index in [1.54, 1.807) is 0 Å². The summed E-state index contributed by atoms with van der Waals surface area (Å²) >= 11 is 0. The smallest absolute Gasteiger partial charge is 0.235 e. The van der Waals surface area contributed by atoms with E-state index < -0.39 is 5.41 Å². The van der Waals surface area contributed by atoms with E-state index in [1.165, 1.54) is 22.3 Å². The van der Waals surface area contributed by atoms with Gasteiger partial charge in [-0.1, -0.05) is 170 Å². The van der Waals surface area contributed by atoms with E-state index in [1.807, 2.05) is 12.1 Å². The van der Waals surface area contributed by atoms with Crippen LogP contribution in [0.15, 0.2) is 188 Å². The maximum absolute atomic E-state index is 7.21. The molecule has 0 unspecified atom stereocenters.